The van der Waals surface area contributed by atoms with Crippen LogP contribution >= 0.6 is 0 Å². The lowest BCUT2D eigenvalue weighted by atomic mass is 9.93. The minimum atomic E-state index is -1.27. The predicted octanol–water partition coefficient (Wildman–Crippen LogP) is 1.28. The van der Waals surface area contributed by atoms with Gasteiger partial charge in [-0.3, -0.25) is 4.79 Å². The molecule has 2 heterocycles. The number of aromatic nitrogens is 1. The van der Waals surface area contributed by atoms with Crippen LogP contribution in [0, 0.1) is 0 Å². The van der Waals surface area contributed by atoms with Crippen LogP contribution in [-0.2, 0) is 0 Å². The molecule has 0 spiro atoms. The maximum absolute atomic E-state index is 12.3. The molecule has 3 rings (SSSR count). The Balaban J connectivity index is 2.57. The molecule has 0 saturated carbocycles. The van der Waals surface area contributed by atoms with Crippen LogP contribution in [0.25, 0.3) is 10.9 Å². The number of carboxylic acids is 1. The summed E-state index contributed by atoms with van der Waals surface area (Å²) in [5.41, 5.74) is 6.31. The second-order valence-electron chi connectivity index (χ2n) is 5.15. The zero-order valence-electron chi connectivity index (χ0n) is 10.8. The van der Waals surface area contributed by atoms with E-state index in [1.807, 2.05) is 6.92 Å². The summed E-state index contributed by atoms with van der Waals surface area (Å²) < 4.78 is 1.72. The summed E-state index contributed by atoms with van der Waals surface area (Å²) in [6, 6.07) is 3.11. The van der Waals surface area contributed by atoms with E-state index in [9.17, 15) is 14.7 Å². The van der Waals surface area contributed by atoms with Crippen LogP contribution in [0.1, 0.15) is 41.4 Å². The van der Waals surface area contributed by atoms with Crippen molar-refractivity contribution in [2.75, 3.05) is 5.73 Å². The lowest BCUT2D eigenvalue weighted by Crippen LogP contribution is -2.26. The van der Waals surface area contributed by atoms with Crippen molar-refractivity contribution in [1.82, 2.24) is 4.57 Å². The van der Waals surface area contributed by atoms with Crippen molar-refractivity contribution in [3.8, 4) is 0 Å². The molecule has 2 aromatic rings. The van der Waals surface area contributed by atoms with E-state index in [0.717, 1.165) is 0 Å². The Morgan fingerprint density at radius 1 is 1.45 bits per heavy atom. The fraction of sp³-hybridized carbons (Fsp3) is 0.286. The Kier molecular flexibility index (Phi) is 2.58. The molecule has 6 nitrogen and oxygen atoms in total. The van der Waals surface area contributed by atoms with E-state index in [4.69, 9.17) is 10.8 Å². The number of hydrogen-bond donors (Lipinski definition) is 3. The number of aromatic carboxylic acids is 1. The molecule has 1 aliphatic rings. The fourth-order valence-electron chi connectivity index (χ4n) is 2.87. The van der Waals surface area contributed by atoms with E-state index in [0.29, 0.717) is 17.5 Å². The molecule has 0 radical (unpaired) electrons. The Hall–Kier alpha value is -2.34. The number of nitrogens with two attached hydrogens (primary N) is 1. The van der Waals surface area contributed by atoms with E-state index in [1.165, 1.54) is 12.3 Å². The third-order valence-electron chi connectivity index (χ3n) is 3.87. The molecule has 1 aliphatic heterocycles. The zero-order valence-corrected chi connectivity index (χ0v) is 10.8. The molecule has 0 bridgehead atoms. The summed E-state index contributed by atoms with van der Waals surface area (Å²) >= 11 is 0. The fourth-order valence-corrected chi connectivity index (χ4v) is 2.87. The number of nitrogens with zero attached hydrogens (tertiary/aromatic N) is 1. The SMILES string of the molecule is CC1CC(O)c2ccc(N)c3c(=O)c(C(=O)O)cn1c23. The third-order valence-corrected chi connectivity index (χ3v) is 3.87. The Bertz CT molecular complexity index is 794. The Labute approximate surface area is 114 Å². The van der Waals surface area contributed by atoms with Crippen LogP contribution in [-0.4, -0.2) is 20.7 Å². The van der Waals surface area contributed by atoms with Gasteiger partial charge in [-0.2, -0.15) is 0 Å². The van der Waals surface area contributed by atoms with Crippen LogP contribution in [0.4, 0.5) is 5.69 Å². The minimum absolute atomic E-state index is 0.111. The smallest absolute Gasteiger partial charge is 0.341 e. The van der Waals surface area contributed by atoms with Gasteiger partial charge in [-0.1, -0.05) is 6.07 Å². The van der Waals surface area contributed by atoms with Crippen molar-refractivity contribution >= 4 is 22.6 Å². The first-order valence-electron chi connectivity index (χ1n) is 6.30. The van der Waals surface area contributed by atoms with E-state index >= 15 is 0 Å². The summed E-state index contributed by atoms with van der Waals surface area (Å²) in [6.07, 6.45) is 1.13. The number of benzene rings is 1. The summed E-state index contributed by atoms with van der Waals surface area (Å²) in [4.78, 5) is 23.5. The molecule has 0 fully saturated rings. The lowest BCUT2D eigenvalue weighted by molar-refractivity contribution is 0.0694. The topological polar surface area (TPSA) is 106 Å². The molecule has 6 heteroatoms. The van der Waals surface area contributed by atoms with Crippen LogP contribution in [0.15, 0.2) is 23.1 Å². The highest BCUT2D eigenvalue weighted by Crippen LogP contribution is 2.37. The summed E-state index contributed by atoms with van der Waals surface area (Å²) in [6.45, 7) is 1.87. The second-order valence-corrected chi connectivity index (χ2v) is 5.15. The first kappa shape index (κ1) is 12.7. The van der Waals surface area contributed by atoms with E-state index in [-0.39, 0.29) is 22.7 Å². The maximum Gasteiger partial charge on any atom is 0.341 e. The van der Waals surface area contributed by atoms with Gasteiger partial charge in [-0.05, 0) is 19.4 Å². The third kappa shape index (κ3) is 1.55. The van der Waals surface area contributed by atoms with Crippen molar-refractivity contribution in [3.63, 3.8) is 0 Å². The summed E-state index contributed by atoms with van der Waals surface area (Å²) in [7, 11) is 0. The molecule has 20 heavy (non-hydrogen) atoms. The van der Waals surface area contributed by atoms with Crippen molar-refractivity contribution in [2.45, 2.75) is 25.5 Å². The Morgan fingerprint density at radius 2 is 2.15 bits per heavy atom. The van der Waals surface area contributed by atoms with Gasteiger partial charge in [0.15, 0.2) is 0 Å². The summed E-state index contributed by atoms with van der Waals surface area (Å²) in [5.74, 6) is -1.27. The number of hydrogen-bond acceptors (Lipinski definition) is 4. The quantitative estimate of drug-likeness (QED) is 0.679. The molecule has 0 amide bonds. The standard InChI is InChI=1S/C14H14N2O4/c1-6-4-10(17)7-2-3-9(15)11-12(7)16(6)5-8(13(11)18)14(19)20/h2-3,5-6,10,17H,4,15H2,1H3,(H,19,20). The van der Waals surface area contributed by atoms with Gasteiger partial charge < -0.3 is 20.5 Å². The first-order chi connectivity index (χ1) is 9.41. The number of carbonyl (C=O) groups is 1. The first-order valence-corrected chi connectivity index (χ1v) is 6.30. The highest BCUT2D eigenvalue weighted by Gasteiger charge is 2.28. The van der Waals surface area contributed by atoms with Gasteiger partial charge in [0.1, 0.15) is 5.56 Å². The van der Waals surface area contributed by atoms with Crippen molar-refractivity contribution < 1.29 is 15.0 Å². The molecular formula is C14H14N2O4. The van der Waals surface area contributed by atoms with Gasteiger partial charge >= 0.3 is 5.97 Å². The average molecular weight is 274 g/mol. The van der Waals surface area contributed by atoms with Crippen LogP contribution in [0.2, 0.25) is 0 Å². The highest BCUT2D eigenvalue weighted by atomic mass is 16.4. The van der Waals surface area contributed by atoms with E-state index in [1.54, 1.807) is 10.6 Å². The van der Waals surface area contributed by atoms with Crippen molar-refractivity contribution in [1.29, 1.82) is 0 Å². The molecule has 4 N–H and O–H groups in total. The molecule has 1 aromatic carbocycles. The monoisotopic (exact) mass is 274 g/mol. The number of aliphatic hydroxyl groups excluding tert-OH is 1. The van der Waals surface area contributed by atoms with Gasteiger partial charge in [0.2, 0.25) is 5.43 Å². The van der Waals surface area contributed by atoms with Crippen molar-refractivity contribution in [3.05, 3.63) is 39.7 Å². The number of rotatable bonds is 1. The van der Waals surface area contributed by atoms with Crippen LogP contribution in [0.3, 0.4) is 0 Å². The van der Waals surface area contributed by atoms with Crippen molar-refractivity contribution in [2.24, 2.45) is 0 Å². The molecule has 104 valence electrons. The van der Waals surface area contributed by atoms with Crippen LogP contribution < -0.4 is 11.2 Å². The molecule has 2 atom stereocenters. The number of nitrogen functional groups attached to an aromatic ring is 1. The van der Waals surface area contributed by atoms with Gasteiger partial charge in [0.25, 0.3) is 0 Å². The minimum Gasteiger partial charge on any atom is -0.477 e. The second kappa shape index (κ2) is 4.08. The lowest BCUT2D eigenvalue weighted by Gasteiger charge is -2.30. The number of anilines is 1. The molecule has 0 saturated heterocycles. The highest BCUT2D eigenvalue weighted by molar-refractivity contribution is 5.98. The molecular weight excluding hydrogens is 260 g/mol. The largest absolute Gasteiger partial charge is 0.477 e. The van der Waals surface area contributed by atoms with E-state index in [2.05, 4.69) is 0 Å². The molecule has 2 unspecified atom stereocenters. The maximum atomic E-state index is 12.3. The average Bonchev–Trinajstić information content (AvgIpc) is 2.37. The normalized spacial score (nSPS) is 21.1. The predicted molar refractivity (Wildman–Crippen MR) is 73.9 cm³/mol. The van der Waals surface area contributed by atoms with Gasteiger partial charge in [0.05, 0.1) is 17.0 Å². The number of pyridine rings is 1. The Morgan fingerprint density at radius 3 is 2.80 bits per heavy atom. The van der Waals surface area contributed by atoms with Gasteiger partial charge in [-0.15, -0.1) is 0 Å². The summed E-state index contributed by atoms with van der Waals surface area (Å²) in [5, 5.41) is 19.5. The zero-order chi connectivity index (χ0) is 14.6. The number of carboxylic acid groups (broad SMARTS) is 1. The van der Waals surface area contributed by atoms with Crippen LogP contribution in [0.5, 0.6) is 0 Å². The van der Waals surface area contributed by atoms with E-state index < -0.39 is 17.5 Å². The molecule has 0 aliphatic carbocycles. The van der Waals surface area contributed by atoms with Gasteiger partial charge in [0, 0.05) is 23.5 Å². The number of aliphatic hydroxyl groups is 1. The molecule has 1 aromatic heterocycles. The van der Waals surface area contributed by atoms with Gasteiger partial charge in [-0.25, -0.2) is 4.79 Å².